The maximum Gasteiger partial charge on any atom is 0.221 e. The summed E-state index contributed by atoms with van der Waals surface area (Å²) in [6, 6.07) is 12.0. The molecule has 1 fully saturated rings. The average Bonchev–Trinajstić information content (AvgIpc) is 3.26. The molecule has 0 spiro atoms. The zero-order chi connectivity index (χ0) is 22.3. The minimum absolute atomic E-state index is 0.0329. The summed E-state index contributed by atoms with van der Waals surface area (Å²) in [4.78, 5) is 20.0. The summed E-state index contributed by atoms with van der Waals surface area (Å²) in [6.07, 6.45) is 5.15. The highest BCUT2D eigenvalue weighted by Crippen LogP contribution is 2.35. The van der Waals surface area contributed by atoms with E-state index in [0.29, 0.717) is 13.0 Å². The van der Waals surface area contributed by atoms with Crippen molar-refractivity contribution in [3.8, 4) is 5.75 Å². The second-order valence-electron chi connectivity index (χ2n) is 8.22. The van der Waals surface area contributed by atoms with Crippen LogP contribution in [-0.2, 0) is 9.53 Å². The Morgan fingerprint density at radius 2 is 2.03 bits per heavy atom. The number of carbonyl (C=O) groups is 1. The van der Waals surface area contributed by atoms with Crippen molar-refractivity contribution in [3.05, 3.63) is 65.6 Å². The smallest absolute Gasteiger partial charge is 0.221 e. The fourth-order valence-corrected chi connectivity index (χ4v) is 4.37. The van der Waals surface area contributed by atoms with Gasteiger partial charge in [-0.25, -0.2) is 4.98 Å². The van der Waals surface area contributed by atoms with Crippen LogP contribution < -0.4 is 10.1 Å². The maximum atomic E-state index is 13.0. The Kier molecular flexibility index (Phi) is 7.39. The Balaban J connectivity index is 1.49. The standard InChI is InChI=1S/C25H32N4O3/c1-19-7-5-12-29-22(18-27-25(19)29)21(20-8-3-4-9-23(20)31-2)17-24(30)26-10-6-11-28-13-15-32-16-14-28/h3-5,7-9,12,18,21H,6,10-11,13-17H2,1-2H3,(H,26,30). The number of nitrogens with one attached hydrogen (secondary N) is 1. The molecule has 1 N–H and O–H groups in total. The molecule has 7 heteroatoms. The van der Waals surface area contributed by atoms with Gasteiger partial charge in [0.25, 0.3) is 0 Å². The van der Waals surface area contributed by atoms with Crippen LogP contribution in [0.5, 0.6) is 5.75 Å². The molecule has 4 rings (SSSR count). The number of pyridine rings is 1. The third-order valence-corrected chi connectivity index (χ3v) is 6.10. The van der Waals surface area contributed by atoms with Gasteiger partial charge in [0.2, 0.25) is 5.91 Å². The number of para-hydroxylation sites is 1. The van der Waals surface area contributed by atoms with Gasteiger partial charge in [-0.2, -0.15) is 0 Å². The molecule has 0 aliphatic carbocycles. The summed E-state index contributed by atoms with van der Waals surface area (Å²) in [7, 11) is 1.67. The van der Waals surface area contributed by atoms with Crippen LogP contribution in [0.1, 0.15) is 35.6 Å². The Morgan fingerprint density at radius 3 is 2.84 bits per heavy atom. The number of amides is 1. The lowest BCUT2D eigenvalue weighted by molar-refractivity contribution is -0.121. The summed E-state index contributed by atoms with van der Waals surface area (Å²) in [5.41, 5.74) is 3.98. The van der Waals surface area contributed by atoms with Crippen molar-refractivity contribution in [1.82, 2.24) is 19.6 Å². The first-order valence-electron chi connectivity index (χ1n) is 11.3. The molecule has 32 heavy (non-hydrogen) atoms. The molecule has 1 aliphatic heterocycles. The molecule has 0 bridgehead atoms. The molecule has 1 amide bonds. The molecule has 1 unspecified atom stereocenters. The lowest BCUT2D eigenvalue weighted by atomic mass is 9.91. The van der Waals surface area contributed by atoms with E-state index in [1.165, 1.54) is 0 Å². The number of hydrogen-bond acceptors (Lipinski definition) is 5. The second kappa shape index (κ2) is 10.6. The number of morpholine rings is 1. The van der Waals surface area contributed by atoms with Gasteiger partial charge in [-0.3, -0.25) is 9.69 Å². The second-order valence-corrected chi connectivity index (χ2v) is 8.22. The first-order chi connectivity index (χ1) is 15.7. The highest BCUT2D eigenvalue weighted by molar-refractivity contribution is 5.77. The van der Waals surface area contributed by atoms with Crippen molar-refractivity contribution >= 4 is 11.6 Å². The minimum atomic E-state index is -0.165. The molecular formula is C25H32N4O3. The van der Waals surface area contributed by atoms with Crippen molar-refractivity contribution < 1.29 is 14.3 Å². The number of imidazole rings is 1. The number of carbonyl (C=O) groups excluding carboxylic acids is 1. The predicted octanol–water partition coefficient (Wildman–Crippen LogP) is 3.01. The van der Waals surface area contributed by atoms with Gasteiger partial charge in [0.15, 0.2) is 0 Å². The Labute approximate surface area is 189 Å². The average molecular weight is 437 g/mol. The molecule has 2 aromatic heterocycles. The third-order valence-electron chi connectivity index (χ3n) is 6.10. The Hall–Kier alpha value is -2.90. The van der Waals surface area contributed by atoms with Gasteiger partial charge >= 0.3 is 0 Å². The molecule has 3 aromatic rings. The molecular weight excluding hydrogens is 404 g/mol. The van der Waals surface area contributed by atoms with Crippen molar-refractivity contribution in [2.24, 2.45) is 0 Å². The van der Waals surface area contributed by atoms with E-state index < -0.39 is 0 Å². The molecule has 1 saturated heterocycles. The van der Waals surface area contributed by atoms with Crippen LogP contribution >= 0.6 is 0 Å². The van der Waals surface area contributed by atoms with Gasteiger partial charge < -0.3 is 19.2 Å². The number of nitrogens with zero attached hydrogens (tertiary/aromatic N) is 3. The van der Waals surface area contributed by atoms with Gasteiger partial charge in [0.1, 0.15) is 11.4 Å². The van der Waals surface area contributed by atoms with Gasteiger partial charge in [0, 0.05) is 49.9 Å². The number of hydrogen-bond donors (Lipinski definition) is 1. The van der Waals surface area contributed by atoms with E-state index in [1.807, 2.05) is 55.7 Å². The van der Waals surface area contributed by atoms with Gasteiger partial charge in [0.05, 0.1) is 26.0 Å². The molecule has 0 radical (unpaired) electrons. The molecule has 0 saturated carbocycles. The largest absolute Gasteiger partial charge is 0.496 e. The summed E-state index contributed by atoms with van der Waals surface area (Å²) in [5, 5.41) is 3.11. The number of ether oxygens (including phenoxy) is 2. The van der Waals surface area contributed by atoms with Crippen LogP contribution in [0, 0.1) is 6.92 Å². The first-order valence-corrected chi connectivity index (χ1v) is 11.3. The topological polar surface area (TPSA) is 68.1 Å². The Bertz CT molecular complexity index is 1040. The van der Waals surface area contributed by atoms with E-state index in [4.69, 9.17) is 9.47 Å². The SMILES string of the molecule is COc1ccccc1C(CC(=O)NCCCN1CCOCC1)c1cnc2c(C)cccn12. The Morgan fingerprint density at radius 1 is 1.22 bits per heavy atom. The van der Waals surface area contributed by atoms with E-state index in [2.05, 4.69) is 19.6 Å². The number of benzene rings is 1. The van der Waals surface area contributed by atoms with Gasteiger partial charge in [-0.15, -0.1) is 0 Å². The van der Waals surface area contributed by atoms with E-state index in [9.17, 15) is 4.79 Å². The van der Waals surface area contributed by atoms with E-state index in [0.717, 1.165) is 67.5 Å². The number of aromatic nitrogens is 2. The first kappa shape index (κ1) is 22.3. The van der Waals surface area contributed by atoms with Crippen molar-refractivity contribution in [2.75, 3.05) is 46.5 Å². The van der Waals surface area contributed by atoms with Crippen molar-refractivity contribution in [1.29, 1.82) is 0 Å². The third kappa shape index (κ3) is 5.11. The number of methoxy groups -OCH3 is 1. The maximum absolute atomic E-state index is 13.0. The van der Waals surface area contributed by atoms with Gasteiger partial charge in [-0.05, 0) is 37.6 Å². The fraction of sp³-hybridized carbons (Fsp3) is 0.440. The normalized spacial score (nSPS) is 15.6. The van der Waals surface area contributed by atoms with E-state index in [-0.39, 0.29) is 11.8 Å². The quantitative estimate of drug-likeness (QED) is 0.523. The van der Waals surface area contributed by atoms with Crippen LogP contribution in [0.4, 0.5) is 0 Å². The van der Waals surface area contributed by atoms with Crippen molar-refractivity contribution in [3.63, 3.8) is 0 Å². The van der Waals surface area contributed by atoms with Crippen LogP contribution in [-0.4, -0.2) is 66.7 Å². The van der Waals surface area contributed by atoms with E-state index >= 15 is 0 Å². The lowest BCUT2D eigenvalue weighted by Gasteiger charge is -2.26. The van der Waals surface area contributed by atoms with Crippen LogP contribution in [0.15, 0.2) is 48.8 Å². The summed E-state index contributed by atoms with van der Waals surface area (Å²) in [6.45, 7) is 7.23. The van der Waals surface area contributed by atoms with E-state index in [1.54, 1.807) is 7.11 Å². The molecule has 3 heterocycles. The highest BCUT2D eigenvalue weighted by atomic mass is 16.5. The minimum Gasteiger partial charge on any atom is -0.496 e. The molecule has 1 aromatic carbocycles. The zero-order valence-corrected chi connectivity index (χ0v) is 18.9. The van der Waals surface area contributed by atoms with Crippen molar-refractivity contribution in [2.45, 2.75) is 25.7 Å². The predicted molar refractivity (Wildman–Crippen MR) is 124 cm³/mol. The summed E-state index contributed by atoms with van der Waals surface area (Å²) in [5.74, 6) is 0.646. The summed E-state index contributed by atoms with van der Waals surface area (Å²) < 4.78 is 13.1. The molecule has 1 aliphatic rings. The number of rotatable bonds is 9. The number of aryl methyl sites for hydroxylation is 1. The zero-order valence-electron chi connectivity index (χ0n) is 18.9. The highest BCUT2D eigenvalue weighted by Gasteiger charge is 2.25. The lowest BCUT2D eigenvalue weighted by Crippen LogP contribution is -2.38. The molecule has 7 nitrogen and oxygen atoms in total. The van der Waals surface area contributed by atoms with Gasteiger partial charge in [-0.1, -0.05) is 24.3 Å². The molecule has 170 valence electrons. The van der Waals surface area contributed by atoms with Crippen LogP contribution in [0.25, 0.3) is 5.65 Å². The van der Waals surface area contributed by atoms with Crippen LogP contribution in [0.2, 0.25) is 0 Å². The number of fused-ring (bicyclic) bond motifs is 1. The fourth-order valence-electron chi connectivity index (χ4n) is 4.37. The van der Waals surface area contributed by atoms with Crippen LogP contribution in [0.3, 0.4) is 0 Å². The molecule has 1 atom stereocenters. The monoisotopic (exact) mass is 436 g/mol. The summed E-state index contributed by atoms with van der Waals surface area (Å²) >= 11 is 0.